The van der Waals surface area contributed by atoms with E-state index in [0.29, 0.717) is 22.7 Å². The van der Waals surface area contributed by atoms with Gasteiger partial charge in [-0.05, 0) is 60.5 Å². The molecule has 0 atom stereocenters. The average molecular weight is 460 g/mol. The van der Waals surface area contributed by atoms with Crippen LogP contribution in [0.4, 0.5) is 28.4 Å². The lowest BCUT2D eigenvalue weighted by atomic mass is 10.0. The molecule has 0 saturated carbocycles. The molecule has 0 bridgehead atoms. The molecule has 3 aromatic rings. The SMILES string of the molecule is CCN1CSc2cc(S(=O)(=O)O)ccc21.Nc1ccc(-c2ccc(N)c(N)c2)cc1N. The monoisotopic (exact) mass is 459 g/mol. The summed E-state index contributed by atoms with van der Waals surface area (Å²) in [5.74, 6) is 0.834. The van der Waals surface area contributed by atoms with Gasteiger partial charge in [0.1, 0.15) is 0 Å². The first-order chi connectivity index (χ1) is 14.6. The van der Waals surface area contributed by atoms with Crippen LogP contribution >= 0.6 is 11.8 Å². The molecule has 1 aliphatic heterocycles. The van der Waals surface area contributed by atoms with Gasteiger partial charge in [-0.3, -0.25) is 4.55 Å². The fraction of sp³-hybridized carbons (Fsp3) is 0.143. The number of hydrogen-bond acceptors (Lipinski definition) is 8. The molecule has 0 aliphatic carbocycles. The molecular weight excluding hydrogens is 434 g/mol. The summed E-state index contributed by atoms with van der Waals surface area (Å²) in [7, 11) is -4.08. The van der Waals surface area contributed by atoms with Crippen molar-refractivity contribution in [3.05, 3.63) is 54.6 Å². The zero-order valence-corrected chi connectivity index (χ0v) is 18.6. The molecule has 9 N–H and O–H groups in total. The van der Waals surface area contributed by atoms with Gasteiger partial charge in [-0.1, -0.05) is 12.1 Å². The van der Waals surface area contributed by atoms with Crippen LogP contribution in [0.1, 0.15) is 6.92 Å². The van der Waals surface area contributed by atoms with Gasteiger partial charge in [0.25, 0.3) is 10.1 Å². The Kier molecular flexibility index (Phi) is 6.54. The number of hydrogen-bond donors (Lipinski definition) is 5. The number of anilines is 5. The van der Waals surface area contributed by atoms with E-state index in [1.54, 1.807) is 30.0 Å². The third-order valence-electron chi connectivity index (χ3n) is 4.83. The van der Waals surface area contributed by atoms with Crippen LogP contribution in [0, 0.1) is 0 Å². The first-order valence-electron chi connectivity index (χ1n) is 9.39. The highest BCUT2D eigenvalue weighted by atomic mass is 32.2. The number of fused-ring (bicyclic) bond motifs is 1. The summed E-state index contributed by atoms with van der Waals surface area (Å²) >= 11 is 1.58. The predicted molar refractivity (Wildman–Crippen MR) is 130 cm³/mol. The first-order valence-corrected chi connectivity index (χ1v) is 11.8. The van der Waals surface area contributed by atoms with Crippen molar-refractivity contribution in [1.82, 2.24) is 0 Å². The Bertz CT molecular complexity index is 1170. The highest BCUT2D eigenvalue weighted by molar-refractivity contribution is 8.00. The fourth-order valence-corrected chi connectivity index (χ4v) is 4.77. The Morgan fingerprint density at radius 1 is 0.871 bits per heavy atom. The summed E-state index contributed by atoms with van der Waals surface area (Å²) in [6.07, 6.45) is 0. The maximum Gasteiger partial charge on any atom is 0.294 e. The summed E-state index contributed by atoms with van der Waals surface area (Å²) in [5, 5.41) is 0. The van der Waals surface area contributed by atoms with Crippen molar-refractivity contribution in [3.8, 4) is 11.1 Å². The zero-order chi connectivity index (χ0) is 22.8. The van der Waals surface area contributed by atoms with E-state index in [4.69, 9.17) is 27.5 Å². The largest absolute Gasteiger partial charge is 0.397 e. The van der Waals surface area contributed by atoms with Crippen LogP contribution in [0.25, 0.3) is 11.1 Å². The molecule has 10 heteroatoms. The van der Waals surface area contributed by atoms with Crippen molar-refractivity contribution in [2.75, 3.05) is 40.3 Å². The Labute approximate surface area is 186 Å². The number of nitrogens with zero attached hydrogens (tertiary/aromatic N) is 1. The minimum atomic E-state index is -4.08. The topological polar surface area (TPSA) is 162 Å². The van der Waals surface area contributed by atoms with Crippen molar-refractivity contribution in [3.63, 3.8) is 0 Å². The molecule has 164 valence electrons. The second kappa shape index (κ2) is 8.96. The number of nitrogen functional groups attached to an aromatic ring is 4. The zero-order valence-electron chi connectivity index (χ0n) is 16.9. The second-order valence-electron chi connectivity index (χ2n) is 6.92. The Hall–Kier alpha value is -3.08. The van der Waals surface area contributed by atoms with E-state index in [9.17, 15) is 8.42 Å². The third-order valence-corrected chi connectivity index (χ3v) is 6.76. The quantitative estimate of drug-likeness (QED) is 0.291. The molecule has 0 aromatic heterocycles. The van der Waals surface area contributed by atoms with Crippen LogP contribution in [-0.4, -0.2) is 25.4 Å². The van der Waals surface area contributed by atoms with Crippen LogP contribution in [0.15, 0.2) is 64.4 Å². The van der Waals surface area contributed by atoms with Crippen molar-refractivity contribution >= 4 is 50.3 Å². The molecule has 1 heterocycles. The van der Waals surface area contributed by atoms with Crippen molar-refractivity contribution in [2.45, 2.75) is 16.7 Å². The van der Waals surface area contributed by atoms with E-state index in [1.807, 2.05) is 31.2 Å². The van der Waals surface area contributed by atoms with E-state index in [1.165, 1.54) is 12.1 Å². The van der Waals surface area contributed by atoms with Gasteiger partial charge in [-0.2, -0.15) is 8.42 Å². The summed E-state index contributed by atoms with van der Waals surface area (Å²) in [4.78, 5) is 3.02. The first kappa shape index (κ1) is 22.6. The summed E-state index contributed by atoms with van der Waals surface area (Å²) in [5.41, 5.74) is 28.0. The number of benzene rings is 3. The van der Waals surface area contributed by atoms with Crippen LogP contribution in [-0.2, 0) is 10.1 Å². The Morgan fingerprint density at radius 2 is 1.42 bits per heavy atom. The van der Waals surface area contributed by atoms with E-state index in [-0.39, 0.29) is 4.90 Å². The molecule has 1 aliphatic rings. The van der Waals surface area contributed by atoms with Gasteiger partial charge in [0, 0.05) is 11.4 Å². The summed E-state index contributed by atoms with van der Waals surface area (Å²) in [6, 6.07) is 15.7. The summed E-state index contributed by atoms with van der Waals surface area (Å²) < 4.78 is 30.7. The predicted octanol–water partition coefficient (Wildman–Crippen LogP) is 3.51. The molecule has 0 amide bonds. The number of rotatable bonds is 3. The van der Waals surface area contributed by atoms with Gasteiger partial charge in [0.15, 0.2) is 0 Å². The van der Waals surface area contributed by atoms with Crippen LogP contribution in [0.3, 0.4) is 0 Å². The average Bonchev–Trinajstić information content (AvgIpc) is 3.14. The molecule has 0 spiro atoms. The number of nitrogens with two attached hydrogens (primary N) is 4. The molecule has 0 fully saturated rings. The van der Waals surface area contributed by atoms with Gasteiger partial charge < -0.3 is 27.8 Å². The molecule has 0 radical (unpaired) electrons. The summed E-state index contributed by atoms with van der Waals surface area (Å²) in [6.45, 7) is 2.94. The normalized spacial score (nSPS) is 12.8. The minimum Gasteiger partial charge on any atom is -0.397 e. The maximum absolute atomic E-state index is 10.9. The lowest BCUT2D eigenvalue weighted by molar-refractivity contribution is 0.483. The minimum absolute atomic E-state index is 0.0355. The van der Waals surface area contributed by atoms with Crippen molar-refractivity contribution < 1.29 is 13.0 Å². The second-order valence-corrected chi connectivity index (χ2v) is 9.33. The van der Waals surface area contributed by atoms with Gasteiger partial charge >= 0.3 is 0 Å². The molecule has 0 unspecified atom stereocenters. The van der Waals surface area contributed by atoms with E-state index < -0.39 is 10.1 Å². The lowest BCUT2D eigenvalue weighted by Gasteiger charge is -2.15. The standard InChI is InChI=1S/C12H14N4.C9H11NO3S2/c13-9-3-1-7(5-11(9)15)8-2-4-10(14)12(16)6-8;1-2-10-6-14-9-5-7(15(11,12)13)3-4-8(9)10/h1-6H,13-16H2;3-5H,2,6H2,1H3,(H,11,12,13). The lowest BCUT2D eigenvalue weighted by Crippen LogP contribution is -2.17. The van der Waals surface area contributed by atoms with Gasteiger partial charge in [-0.15, -0.1) is 11.8 Å². The maximum atomic E-state index is 10.9. The van der Waals surface area contributed by atoms with E-state index in [0.717, 1.165) is 34.1 Å². The van der Waals surface area contributed by atoms with Crippen molar-refractivity contribution in [1.29, 1.82) is 0 Å². The van der Waals surface area contributed by atoms with E-state index >= 15 is 0 Å². The van der Waals surface area contributed by atoms with Gasteiger partial charge in [-0.25, -0.2) is 0 Å². The van der Waals surface area contributed by atoms with Crippen LogP contribution in [0.5, 0.6) is 0 Å². The Morgan fingerprint density at radius 3 is 1.87 bits per heavy atom. The molecule has 3 aromatic carbocycles. The van der Waals surface area contributed by atoms with Crippen LogP contribution < -0.4 is 27.8 Å². The third kappa shape index (κ3) is 5.16. The fourth-order valence-electron chi connectivity index (χ4n) is 3.02. The molecule has 31 heavy (non-hydrogen) atoms. The van der Waals surface area contributed by atoms with Crippen molar-refractivity contribution in [2.24, 2.45) is 0 Å². The molecule has 8 nitrogen and oxygen atoms in total. The highest BCUT2D eigenvalue weighted by Gasteiger charge is 2.21. The molecule has 0 saturated heterocycles. The van der Waals surface area contributed by atoms with Gasteiger partial charge in [0.2, 0.25) is 0 Å². The van der Waals surface area contributed by atoms with Crippen LogP contribution in [0.2, 0.25) is 0 Å². The smallest absolute Gasteiger partial charge is 0.294 e. The number of thioether (sulfide) groups is 1. The Balaban J connectivity index is 0.000000176. The van der Waals surface area contributed by atoms with E-state index in [2.05, 4.69) is 4.90 Å². The highest BCUT2D eigenvalue weighted by Crippen LogP contribution is 2.39. The molecular formula is C21H25N5O3S2. The van der Waals surface area contributed by atoms with Gasteiger partial charge in [0.05, 0.1) is 39.2 Å². The molecule has 4 rings (SSSR count).